The van der Waals surface area contributed by atoms with Gasteiger partial charge in [-0.05, 0) is 47.5 Å². The molecule has 3 amide bonds. The maximum absolute atomic E-state index is 13.4. The molecule has 2 aliphatic heterocycles. The van der Waals surface area contributed by atoms with Gasteiger partial charge >= 0.3 is 0 Å². The van der Waals surface area contributed by atoms with Crippen LogP contribution in [0.4, 0.5) is 5.82 Å². The topological polar surface area (TPSA) is 150 Å². The molecule has 2 aliphatic rings. The molecule has 4 aromatic rings. The van der Waals surface area contributed by atoms with Crippen LogP contribution in [0.15, 0.2) is 61.1 Å². The highest BCUT2D eigenvalue weighted by Gasteiger charge is 2.29. The summed E-state index contributed by atoms with van der Waals surface area (Å²) in [5.74, 6) is -0.308. The number of likely N-dealkylation sites (tertiary alicyclic amines) is 1. The number of hydrogen-bond acceptors (Lipinski definition) is 8. The first-order valence-corrected chi connectivity index (χ1v) is 14.8. The van der Waals surface area contributed by atoms with E-state index in [4.69, 9.17) is 10.8 Å². The summed E-state index contributed by atoms with van der Waals surface area (Å²) in [6.07, 6.45) is 5.78. The number of amides is 3. The summed E-state index contributed by atoms with van der Waals surface area (Å²) in [6, 6.07) is 12.6. The van der Waals surface area contributed by atoms with E-state index in [0.29, 0.717) is 50.3 Å². The fourth-order valence-corrected chi connectivity index (χ4v) is 5.90. The van der Waals surface area contributed by atoms with Gasteiger partial charge in [0.2, 0.25) is 0 Å². The number of aliphatic hydroxyl groups is 1. The van der Waals surface area contributed by atoms with Crippen LogP contribution >= 0.6 is 0 Å². The lowest BCUT2D eigenvalue weighted by atomic mass is 10.0. The molecule has 228 valence electrons. The third kappa shape index (κ3) is 6.12. The van der Waals surface area contributed by atoms with Gasteiger partial charge in [-0.15, -0.1) is 0 Å². The Morgan fingerprint density at radius 2 is 1.59 bits per heavy atom. The maximum atomic E-state index is 13.4. The number of carbonyl (C=O) groups excluding carboxylic acids is 3. The Morgan fingerprint density at radius 3 is 2.23 bits per heavy atom. The number of anilines is 1. The monoisotopic (exact) mass is 596 g/mol. The second kappa shape index (κ2) is 12.4. The number of hydrogen-bond donors (Lipinski definition) is 3. The van der Waals surface area contributed by atoms with Gasteiger partial charge in [0, 0.05) is 93.6 Å². The van der Waals surface area contributed by atoms with Crippen molar-refractivity contribution < 1.29 is 19.5 Å². The van der Waals surface area contributed by atoms with Gasteiger partial charge < -0.3 is 26.0 Å². The highest BCUT2D eigenvalue weighted by Crippen LogP contribution is 2.24. The molecule has 1 atom stereocenters. The fourth-order valence-electron chi connectivity index (χ4n) is 5.90. The molecule has 4 N–H and O–H groups in total. The molecule has 0 spiro atoms. The Morgan fingerprint density at radius 1 is 0.909 bits per heavy atom. The zero-order valence-electron chi connectivity index (χ0n) is 24.6. The molecular formula is C32H36N8O4. The van der Waals surface area contributed by atoms with Gasteiger partial charge in [0.25, 0.3) is 17.7 Å². The number of benzene rings is 2. The van der Waals surface area contributed by atoms with E-state index in [-0.39, 0.29) is 41.8 Å². The molecule has 2 saturated heterocycles. The largest absolute Gasteiger partial charge is 0.395 e. The van der Waals surface area contributed by atoms with Gasteiger partial charge in [-0.25, -0.2) is 4.98 Å². The van der Waals surface area contributed by atoms with Crippen LogP contribution in [-0.2, 0) is 7.05 Å². The van der Waals surface area contributed by atoms with Crippen LogP contribution in [0.2, 0.25) is 0 Å². The van der Waals surface area contributed by atoms with Crippen LogP contribution in [0.5, 0.6) is 0 Å². The summed E-state index contributed by atoms with van der Waals surface area (Å²) in [7, 11) is 1.82. The van der Waals surface area contributed by atoms with Crippen LogP contribution < -0.4 is 11.1 Å². The van der Waals surface area contributed by atoms with Crippen LogP contribution in [0, 0.1) is 0 Å². The molecule has 12 nitrogen and oxygen atoms in total. The molecular weight excluding hydrogens is 560 g/mol. The predicted octanol–water partition coefficient (Wildman–Crippen LogP) is 1.61. The summed E-state index contributed by atoms with van der Waals surface area (Å²) < 4.78 is 1.68. The average Bonchev–Trinajstić information content (AvgIpc) is 3.69. The minimum Gasteiger partial charge on any atom is -0.395 e. The molecule has 0 radical (unpaired) electrons. The van der Waals surface area contributed by atoms with Crippen LogP contribution in [-0.4, -0.2) is 111 Å². The molecule has 4 heterocycles. The Hall–Kier alpha value is -4.81. The minimum absolute atomic E-state index is 0.0119. The number of nitrogens with zero attached hydrogens (tertiary/aromatic N) is 6. The smallest absolute Gasteiger partial charge is 0.255 e. The van der Waals surface area contributed by atoms with Crippen molar-refractivity contribution >= 4 is 34.3 Å². The van der Waals surface area contributed by atoms with E-state index in [1.54, 1.807) is 34.1 Å². The first-order chi connectivity index (χ1) is 21.3. The second-order valence-electron chi connectivity index (χ2n) is 11.4. The number of aromatic nitrogens is 3. The first kappa shape index (κ1) is 29.3. The van der Waals surface area contributed by atoms with E-state index in [1.807, 2.05) is 48.5 Å². The van der Waals surface area contributed by atoms with Crippen LogP contribution in [0.1, 0.15) is 37.5 Å². The molecule has 2 fully saturated rings. The lowest BCUT2D eigenvalue weighted by molar-refractivity contribution is 0.0614. The molecule has 2 aromatic heterocycles. The van der Waals surface area contributed by atoms with E-state index >= 15 is 0 Å². The Labute approximate surface area is 255 Å². The number of aliphatic hydroxyl groups excluding tert-OH is 1. The van der Waals surface area contributed by atoms with Crippen molar-refractivity contribution in [1.29, 1.82) is 0 Å². The number of rotatable bonds is 7. The summed E-state index contributed by atoms with van der Waals surface area (Å²) in [6.45, 7) is 4.40. The van der Waals surface area contributed by atoms with Crippen molar-refractivity contribution in [2.45, 2.75) is 12.5 Å². The quantitative estimate of drug-likeness (QED) is 0.291. The molecule has 6 rings (SSSR count). The predicted molar refractivity (Wildman–Crippen MR) is 166 cm³/mol. The molecule has 0 bridgehead atoms. The number of nitrogen functional groups attached to an aromatic ring is 1. The molecule has 12 heteroatoms. The van der Waals surface area contributed by atoms with E-state index in [9.17, 15) is 14.4 Å². The normalized spacial score (nSPS) is 17.3. The number of fused-ring (bicyclic) bond motifs is 1. The van der Waals surface area contributed by atoms with Gasteiger partial charge in [-0.1, -0.05) is 12.1 Å². The number of aryl methyl sites for hydroxylation is 1. The number of β-amino-alcohol motifs (C(OH)–C–C–N with tert-alkyl or cyclic N) is 1. The lowest BCUT2D eigenvalue weighted by Gasteiger charge is -2.34. The first-order valence-electron chi connectivity index (χ1n) is 14.8. The van der Waals surface area contributed by atoms with Crippen molar-refractivity contribution in [2.24, 2.45) is 7.05 Å². The fraction of sp³-hybridized carbons (Fsp3) is 0.344. The minimum atomic E-state index is -0.330. The lowest BCUT2D eigenvalue weighted by Crippen LogP contribution is -2.49. The standard InChI is InChI=1S/C32H36N8O4/c1-37-19-26(18-35-37)25-16-28(29(33)34-17-25)30(42)36-27-6-7-40(20-27)32(44)24-5-3-21-14-23(4-2-22(21)15-24)31(43)39-10-8-38(9-11-39)12-13-41/h2-5,14-19,27,41H,6-13,20H2,1H3,(H2,33,34)(H,36,42)/t27-/m1/s1. The highest BCUT2D eigenvalue weighted by atomic mass is 16.3. The van der Waals surface area contributed by atoms with Crippen LogP contribution in [0.25, 0.3) is 21.9 Å². The SMILES string of the molecule is Cn1cc(-c2cnc(N)c(C(=O)N[C@@H]3CCN(C(=O)c4ccc5cc(C(=O)N6CCN(CCO)CC6)ccc5c4)C3)c2)cn1. The molecule has 0 unspecified atom stereocenters. The van der Waals surface area contributed by atoms with Gasteiger partial charge in [0.15, 0.2) is 0 Å². The van der Waals surface area contributed by atoms with Crippen molar-refractivity contribution in [2.75, 3.05) is 58.2 Å². The Balaban J connectivity index is 1.08. The maximum Gasteiger partial charge on any atom is 0.255 e. The average molecular weight is 597 g/mol. The van der Waals surface area contributed by atoms with E-state index in [2.05, 4.69) is 20.3 Å². The summed E-state index contributed by atoms with van der Waals surface area (Å²) in [5, 5.41) is 18.1. The van der Waals surface area contributed by atoms with E-state index in [0.717, 1.165) is 35.0 Å². The zero-order chi connectivity index (χ0) is 30.8. The van der Waals surface area contributed by atoms with E-state index < -0.39 is 0 Å². The number of pyridine rings is 1. The van der Waals surface area contributed by atoms with Gasteiger partial charge in [0.1, 0.15) is 5.82 Å². The number of nitrogens with one attached hydrogen (secondary N) is 1. The van der Waals surface area contributed by atoms with Crippen molar-refractivity contribution in [1.82, 2.24) is 34.8 Å². The van der Waals surface area contributed by atoms with Crippen molar-refractivity contribution in [3.05, 3.63) is 77.7 Å². The van der Waals surface area contributed by atoms with Crippen molar-refractivity contribution in [3.63, 3.8) is 0 Å². The Kier molecular flexibility index (Phi) is 8.27. The molecule has 0 aliphatic carbocycles. The molecule has 0 saturated carbocycles. The van der Waals surface area contributed by atoms with Crippen molar-refractivity contribution in [3.8, 4) is 11.1 Å². The molecule has 2 aromatic carbocycles. The van der Waals surface area contributed by atoms with Gasteiger partial charge in [-0.3, -0.25) is 24.0 Å². The second-order valence-corrected chi connectivity index (χ2v) is 11.4. The number of carbonyl (C=O) groups is 3. The zero-order valence-corrected chi connectivity index (χ0v) is 24.6. The summed E-state index contributed by atoms with van der Waals surface area (Å²) in [5.41, 5.74) is 9.07. The highest BCUT2D eigenvalue weighted by molar-refractivity contribution is 6.02. The number of nitrogens with two attached hydrogens (primary N) is 1. The van der Waals surface area contributed by atoms with Crippen LogP contribution in [0.3, 0.4) is 0 Å². The van der Waals surface area contributed by atoms with Gasteiger partial charge in [0.05, 0.1) is 18.4 Å². The Bertz CT molecular complexity index is 1710. The third-order valence-corrected chi connectivity index (χ3v) is 8.42. The van der Waals surface area contributed by atoms with Gasteiger partial charge in [-0.2, -0.15) is 5.10 Å². The molecule has 44 heavy (non-hydrogen) atoms. The summed E-state index contributed by atoms with van der Waals surface area (Å²) >= 11 is 0. The third-order valence-electron chi connectivity index (χ3n) is 8.42. The number of piperazine rings is 1. The summed E-state index contributed by atoms with van der Waals surface area (Å²) in [4.78, 5) is 49.6. The van der Waals surface area contributed by atoms with E-state index in [1.165, 1.54) is 0 Å².